The van der Waals surface area contributed by atoms with Gasteiger partial charge in [-0.1, -0.05) is 52.0 Å². The van der Waals surface area contributed by atoms with Gasteiger partial charge in [0.25, 0.3) is 11.8 Å². The molecule has 16 nitrogen and oxygen atoms in total. The lowest BCUT2D eigenvalue weighted by atomic mass is 10.0. The van der Waals surface area contributed by atoms with Crippen LogP contribution in [0.2, 0.25) is 0 Å². The Bertz CT molecular complexity index is 1590. The first-order chi connectivity index (χ1) is 24.5. The zero-order chi connectivity index (χ0) is 39.1. The molecule has 1 heterocycles. The van der Waals surface area contributed by atoms with E-state index in [2.05, 4.69) is 26.6 Å². The predicted molar refractivity (Wildman–Crippen MR) is 193 cm³/mol. The minimum atomic E-state index is -0.965. The summed E-state index contributed by atoms with van der Waals surface area (Å²) in [6.07, 6.45) is 2.14. The fourth-order valence-corrected chi connectivity index (χ4v) is 4.42. The molecule has 1 aliphatic heterocycles. The van der Waals surface area contributed by atoms with E-state index < -0.39 is 60.2 Å². The van der Waals surface area contributed by atoms with E-state index in [4.69, 9.17) is 15.9 Å². The number of nitrogens with one attached hydrogen (secondary N) is 5. The van der Waals surface area contributed by atoms with E-state index in [1.165, 1.54) is 6.92 Å². The summed E-state index contributed by atoms with van der Waals surface area (Å²) in [7, 11) is 0. The lowest BCUT2D eigenvalue weighted by Gasteiger charge is -2.24. The maximum absolute atomic E-state index is 12.6. The van der Waals surface area contributed by atoms with E-state index in [1.807, 2.05) is 13.8 Å². The summed E-state index contributed by atoms with van der Waals surface area (Å²) >= 11 is 0. The Morgan fingerprint density at radius 2 is 1.02 bits per heavy atom. The molecule has 0 saturated heterocycles. The van der Waals surface area contributed by atoms with Crippen molar-refractivity contribution in [2.75, 3.05) is 17.2 Å². The van der Waals surface area contributed by atoms with Gasteiger partial charge in [-0.2, -0.15) is 0 Å². The Morgan fingerprint density at radius 1 is 0.615 bits per heavy atom. The van der Waals surface area contributed by atoms with Crippen LogP contribution in [0.1, 0.15) is 52.7 Å². The summed E-state index contributed by atoms with van der Waals surface area (Å²) in [5.74, 6) is -3.86. The summed E-state index contributed by atoms with van der Waals surface area (Å²) in [6, 6.07) is 10.2. The van der Waals surface area contributed by atoms with Crippen molar-refractivity contribution in [3.63, 3.8) is 0 Å². The highest BCUT2D eigenvalue weighted by atomic mass is 16.3. The van der Waals surface area contributed by atoms with Gasteiger partial charge in [-0.05, 0) is 61.1 Å². The first kappa shape index (κ1) is 42.7. The maximum Gasteiger partial charge on any atom is 0.254 e. The van der Waals surface area contributed by atoms with Crippen LogP contribution in [-0.4, -0.2) is 87.2 Å². The van der Waals surface area contributed by atoms with Crippen molar-refractivity contribution in [1.29, 1.82) is 0 Å². The van der Waals surface area contributed by atoms with Gasteiger partial charge in [0, 0.05) is 23.5 Å². The van der Waals surface area contributed by atoms with Gasteiger partial charge in [-0.3, -0.25) is 38.5 Å². The highest BCUT2D eigenvalue weighted by Crippen LogP contribution is 2.12. The number of hydrogen-bond acceptors (Lipinski definition) is 10. The number of anilines is 2. The Balaban J connectivity index is 0.000000389. The fourth-order valence-electron chi connectivity index (χ4n) is 4.42. The van der Waals surface area contributed by atoms with E-state index in [-0.39, 0.29) is 36.9 Å². The quantitative estimate of drug-likeness (QED) is 0.117. The van der Waals surface area contributed by atoms with Crippen LogP contribution in [0.5, 0.6) is 0 Å². The standard InChI is InChI=1S/C21H26N4O6.C15H23N3O3/c1-12(2)19(24-16(27)10-25-17(28)8-9-18(25)29)21(31)22-13(3)20(30)23-15-6-4-14(11-26)5-7-15;1-9(2)13(16)15(21)17-10(3)14(20)18-12-6-4-11(8-19)5-7-12/h4-9,12-13,19,26H,10-11H2,1-3H3,(H,22,31)(H,23,30)(H,24,27);4-7,9-10,13,19H,8,16H2,1-3H3,(H,17,21)(H,18,20)/t13-,19?;10-,13?/m00/s1. The monoisotopic (exact) mass is 723 g/mol. The number of aliphatic hydroxyl groups is 2. The second-order valence-electron chi connectivity index (χ2n) is 12.8. The summed E-state index contributed by atoms with van der Waals surface area (Å²) < 4.78 is 0. The number of benzene rings is 2. The molecule has 2 aromatic carbocycles. The molecule has 7 amide bonds. The number of rotatable bonds is 15. The van der Waals surface area contributed by atoms with Gasteiger partial charge in [0.05, 0.1) is 19.3 Å². The number of nitrogens with two attached hydrogens (primary N) is 1. The Kier molecular flexibility index (Phi) is 16.8. The van der Waals surface area contributed by atoms with Crippen LogP contribution in [0.15, 0.2) is 60.7 Å². The smallest absolute Gasteiger partial charge is 0.254 e. The first-order valence-corrected chi connectivity index (χ1v) is 16.7. The van der Waals surface area contributed by atoms with Crippen LogP contribution in [0, 0.1) is 11.8 Å². The minimum absolute atomic E-state index is 0.00582. The van der Waals surface area contributed by atoms with Crippen molar-refractivity contribution in [3.05, 3.63) is 71.8 Å². The van der Waals surface area contributed by atoms with Gasteiger partial charge >= 0.3 is 0 Å². The number of amides is 7. The molecule has 0 fully saturated rings. The molecule has 52 heavy (non-hydrogen) atoms. The van der Waals surface area contributed by atoms with Crippen LogP contribution in [0.3, 0.4) is 0 Å². The molecule has 0 bridgehead atoms. The summed E-state index contributed by atoms with van der Waals surface area (Å²) in [5.41, 5.74) is 8.29. The number of hydrogen-bond donors (Lipinski definition) is 8. The third kappa shape index (κ3) is 13.4. The fraction of sp³-hybridized carbons (Fsp3) is 0.417. The lowest BCUT2D eigenvalue weighted by molar-refractivity contribution is -0.141. The van der Waals surface area contributed by atoms with Crippen molar-refractivity contribution < 1.29 is 43.8 Å². The topological polar surface area (TPSA) is 249 Å². The number of aliphatic hydroxyl groups excluding tert-OH is 2. The number of nitrogens with zero attached hydrogens (tertiary/aromatic N) is 1. The van der Waals surface area contributed by atoms with Crippen molar-refractivity contribution in [2.45, 2.75) is 78.9 Å². The molecule has 1 aliphatic rings. The second-order valence-corrected chi connectivity index (χ2v) is 12.8. The van der Waals surface area contributed by atoms with E-state index in [0.717, 1.165) is 22.6 Å². The number of carbonyl (C=O) groups is 7. The molecule has 0 radical (unpaired) electrons. The van der Waals surface area contributed by atoms with E-state index >= 15 is 0 Å². The molecule has 0 aliphatic carbocycles. The van der Waals surface area contributed by atoms with Crippen LogP contribution in [-0.2, 0) is 46.8 Å². The van der Waals surface area contributed by atoms with Gasteiger partial charge < -0.3 is 42.5 Å². The third-order valence-electron chi connectivity index (χ3n) is 7.80. The summed E-state index contributed by atoms with van der Waals surface area (Å²) in [4.78, 5) is 85.0. The second kappa shape index (κ2) is 20.4. The maximum atomic E-state index is 12.6. The van der Waals surface area contributed by atoms with Crippen LogP contribution >= 0.6 is 0 Å². The zero-order valence-corrected chi connectivity index (χ0v) is 30.1. The SMILES string of the molecule is CC(C)C(N)C(=O)N[C@@H](C)C(=O)Nc1ccc(CO)cc1.CC(C)C(NC(=O)CN1C(=O)C=CC1=O)C(=O)N[C@@H](C)C(=O)Nc1ccc(CO)cc1. The molecule has 0 saturated carbocycles. The Labute approximate surface area is 302 Å². The van der Waals surface area contributed by atoms with Crippen molar-refractivity contribution in [3.8, 4) is 0 Å². The highest BCUT2D eigenvalue weighted by Gasteiger charge is 2.30. The van der Waals surface area contributed by atoms with Gasteiger partial charge in [-0.15, -0.1) is 0 Å². The molecule has 0 spiro atoms. The zero-order valence-electron chi connectivity index (χ0n) is 30.1. The van der Waals surface area contributed by atoms with Crippen molar-refractivity contribution in [1.82, 2.24) is 20.9 Å². The van der Waals surface area contributed by atoms with E-state index in [0.29, 0.717) is 16.9 Å². The van der Waals surface area contributed by atoms with Crippen LogP contribution < -0.4 is 32.3 Å². The number of carbonyl (C=O) groups excluding carboxylic acids is 7. The lowest BCUT2D eigenvalue weighted by Crippen LogP contribution is -2.55. The van der Waals surface area contributed by atoms with Gasteiger partial charge in [-0.25, -0.2) is 0 Å². The van der Waals surface area contributed by atoms with E-state index in [9.17, 15) is 33.6 Å². The molecule has 2 unspecified atom stereocenters. The molecule has 2 aromatic rings. The molecule has 3 rings (SSSR count). The van der Waals surface area contributed by atoms with Gasteiger partial charge in [0.1, 0.15) is 24.7 Å². The highest BCUT2D eigenvalue weighted by molar-refractivity contribution is 6.14. The van der Waals surface area contributed by atoms with Crippen molar-refractivity contribution >= 4 is 52.7 Å². The molecule has 282 valence electrons. The van der Waals surface area contributed by atoms with Crippen molar-refractivity contribution in [2.24, 2.45) is 17.6 Å². The van der Waals surface area contributed by atoms with Crippen LogP contribution in [0.25, 0.3) is 0 Å². The Morgan fingerprint density at radius 3 is 1.38 bits per heavy atom. The molecular formula is C36H49N7O9. The largest absolute Gasteiger partial charge is 0.392 e. The molecular weight excluding hydrogens is 674 g/mol. The molecule has 16 heteroatoms. The van der Waals surface area contributed by atoms with Gasteiger partial charge in [0.15, 0.2) is 0 Å². The predicted octanol–water partition coefficient (Wildman–Crippen LogP) is 0.293. The average Bonchev–Trinajstić information content (AvgIpc) is 3.42. The summed E-state index contributed by atoms with van der Waals surface area (Å²) in [6.45, 7) is 9.56. The normalized spacial score (nSPS) is 14.5. The van der Waals surface area contributed by atoms with Gasteiger partial charge in [0.2, 0.25) is 29.5 Å². The molecule has 4 atom stereocenters. The Hall–Kier alpha value is -5.45. The third-order valence-corrected chi connectivity index (χ3v) is 7.80. The minimum Gasteiger partial charge on any atom is -0.392 e. The van der Waals surface area contributed by atoms with E-state index in [1.54, 1.807) is 69.3 Å². The van der Waals surface area contributed by atoms with Crippen LogP contribution in [0.4, 0.5) is 11.4 Å². The molecule has 0 aromatic heterocycles. The molecule has 9 N–H and O–H groups in total. The first-order valence-electron chi connectivity index (χ1n) is 16.7. The summed E-state index contributed by atoms with van der Waals surface area (Å²) in [5, 5.41) is 31.0. The number of imide groups is 1. The average molecular weight is 724 g/mol.